The van der Waals surface area contributed by atoms with E-state index >= 15 is 0 Å². The van der Waals surface area contributed by atoms with Crippen LogP contribution in [-0.2, 0) is 11.3 Å². The highest BCUT2D eigenvalue weighted by Gasteiger charge is 2.27. The van der Waals surface area contributed by atoms with E-state index in [1.165, 1.54) is 23.1 Å². The molecule has 2 unspecified atom stereocenters. The quantitative estimate of drug-likeness (QED) is 0.472. The molecular weight excluding hydrogens is 436 g/mol. The van der Waals surface area contributed by atoms with Crippen molar-refractivity contribution in [3.05, 3.63) is 47.8 Å². The number of rotatable bonds is 8. The normalized spacial score (nSPS) is 20.1. The van der Waals surface area contributed by atoms with Crippen LogP contribution in [0.3, 0.4) is 0 Å². The van der Waals surface area contributed by atoms with Crippen molar-refractivity contribution < 1.29 is 15.0 Å². The van der Waals surface area contributed by atoms with Crippen LogP contribution < -0.4 is 5.32 Å². The molecule has 1 saturated heterocycles. The molecule has 5 rings (SSSR count). The van der Waals surface area contributed by atoms with E-state index in [9.17, 15) is 9.90 Å². The van der Waals surface area contributed by atoms with Crippen LogP contribution in [0.25, 0.3) is 20.8 Å². The molecule has 4 heterocycles. The number of aliphatic hydroxyl groups is 2. The molecule has 1 aliphatic carbocycles. The van der Waals surface area contributed by atoms with Crippen molar-refractivity contribution >= 4 is 27.5 Å². The third kappa shape index (κ3) is 5.24. The molecule has 0 spiro atoms. The first-order chi connectivity index (χ1) is 16.1. The molecule has 1 aliphatic heterocycles. The summed E-state index contributed by atoms with van der Waals surface area (Å²) < 4.78 is 1.30. The molecule has 2 atom stereocenters. The predicted molar refractivity (Wildman–Crippen MR) is 129 cm³/mol. The standard InChI is InChI=1S/C25H30N4O3S/c30-15-19(31)12-28-25(32)18-2-1-9-29(14-18)13-16-3-6-21(27-11-16)23-10-22-24(33-23)20(7-8-26-22)17-4-5-17/h3,6-8,10-11,17-19,30-31H,1-2,4-5,9,12-15H2,(H,28,32). The Balaban J connectivity index is 1.22. The van der Waals surface area contributed by atoms with Gasteiger partial charge in [0, 0.05) is 32.0 Å². The van der Waals surface area contributed by atoms with Crippen molar-refractivity contribution in [1.29, 1.82) is 0 Å². The number of fused-ring (bicyclic) bond motifs is 1. The van der Waals surface area contributed by atoms with Gasteiger partial charge in [0.1, 0.15) is 0 Å². The maximum Gasteiger partial charge on any atom is 0.224 e. The van der Waals surface area contributed by atoms with Gasteiger partial charge in [-0.15, -0.1) is 11.3 Å². The molecule has 2 aliphatic rings. The minimum atomic E-state index is -0.907. The monoisotopic (exact) mass is 466 g/mol. The van der Waals surface area contributed by atoms with Gasteiger partial charge in [0.25, 0.3) is 0 Å². The fourth-order valence-electron chi connectivity index (χ4n) is 4.56. The number of hydrogen-bond donors (Lipinski definition) is 3. The highest BCUT2D eigenvalue weighted by Crippen LogP contribution is 2.45. The number of thiophene rings is 1. The lowest BCUT2D eigenvalue weighted by atomic mass is 9.96. The Hall–Kier alpha value is -2.39. The molecule has 174 valence electrons. The SMILES string of the molecule is O=C(NCC(O)CO)C1CCCN(Cc2ccc(-c3cc4nccc(C5CC5)c4s3)nc2)C1. The van der Waals surface area contributed by atoms with E-state index in [-0.39, 0.29) is 25.0 Å². The Morgan fingerprint density at radius 3 is 2.88 bits per heavy atom. The van der Waals surface area contributed by atoms with Crippen LogP contribution in [0.15, 0.2) is 36.7 Å². The van der Waals surface area contributed by atoms with Crippen LogP contribution in [0.1, 0.15) is 42.7 Å². The van der Waals surface area contributed by atoms with Gasteiger partial charge in [-0.25, -0.2) is 0 Å². The molecule has 7 nitrogen and oxygen atoms in total. The van der Waals surface area contributed by atoms with Crippen molar-refractivity contribution in [1.82, 2.24) is 20.2 Å². The fraction of sp³-hybridized carbons (Fsp3) is 0.480. The van der Waals surface area contributed by atoms with Gasteiger partial charge in [0.15, 0.2) is 0 Å². The minimum absolute atomic E-state index is 0.0513. The third-order valence-corrected chi connectivity index (χ3v) is 7.74. The van der Waals surface area contributed by atoms with Crippen molar-refractivity contribution in [3.8, 4) is 10.6 Å². The van der Waals surface area contributed by atoms with Gasteiger partial charge in [0.2, 0.25) is 5.91 Å². The molecular formula is C25H30N4O3S. The summed E-state index contributed by atoms with van der Waals surface area (Å²) in [6.45, 7) is 2.15. The molecule has 1 amide bonds. The van der Waals surface area contributed by atoms with E-state index in [2.05, 4.69) is 39.5 Å². The first kappa shape index (κ1) is 22.4. The number of nitrogens with zero attached hydrogens (tertiary/aromatic N) is 3. The molecule has 3 aromatic rings. The maximum atomic E-state index is 12.4. The highest BCUT2D eigenvalue weighted by atomic mass is 32.1. The summed E-state index contributed by atoms with van der Waals surface area (Å²) in [4.78, 5) is 25.2. The number of nitrogens with one attached hydrogen (secondary N) is 1. The molecule has 2 fully saturated rings. The number of carbonyl (C=O) groups excluding carboxylic acids is 1. The summed E-state index contributed by atoms with van der Waals surface area (Å²) in [6.07, 6.45) is 7.32. The fourth-order valence-corrected chi connectivity index (χ4v) is 5.75. The zero-order valence-electron chi connectivity index (χ0n) is 18.6. The second-order valence-electron chi connectivity index (χ2n) is 9.21. The lowest BCUT2D eigenvalue weighted by Crippen LogP contribution is -2.44. The van der Waals surface area contributed by atoms with Crippen LogP contribution in [0.2, 0.25) is 0 Å². The molecule has 3 N–H and O–H groups in total. The lowest BCUT2D eigenvalue weighted by Gasteiger charge is -2.32. The smallest absolute Gasteiger partial charge is 0.224 e. The molecule has 0 radical (unpaired) electrons. The zero-order chi connectivity index (χ0) is 22.8. The lowest BCUT2D eigenvalue weighted by molar-refractivity contribution is -0.127. The van der Waals surface area contributed by atoms with E-state index < -0.39 is 6.10 Å². The van der Waals surface area contributed by atoms with Crippen molar-refractivity contribution in [2.45, 2.75) is 44.2 Å². The van der Waals surface area contributed by atoms with Crippen molar-refractivity contribution in [3.63, 3.8) is 0 Å². The minimum Gasteiger partial charge on any atom is -0.394 e. The largest absolute Gasteiger partial charge is 0.394 e. The second kappa shape index (κ2) is 9.85. The van der Waals surface area contributed by atoms with Gasteiger partial charge < -0.3 is 15.5 Å². The van der Waals surface area contributed by atoms with E-state index in [1.54, 1.807) is 11.3 Å². The van der Waals surface area contributed by atoms with Gasteiger partial charge in [-0.2, -0.15) is 0 Å². The molecule has 0 bridgehead atoms. The number of amides is 1. The van der Waals surface area contributed by atoms with Crippen LogP contribution in [-0.4, -0.2) is 63.3 Å². The van der Waals surface area contributed by atoms with E-state index in [1.807, 2.05) is 12.4 Å². The first-order valence-corrected chi connectivity index (χ1v) is 12.5. The predicted octanol–water partition coefficient (Wildman–Crippen LogP) is 2.92. The van der Waals surface area contributed by atoms with Gasteiger partial charge in [0.05, 0.1) is 39.4 Å². The summed E-state index contributed by atoms with van der Waals surface area (Å²) >= 11 is 1.79. The first-order valence-electron chi connectivity index (χ1n) is 11.7. The van der Waals surface area contributed by atoms with Gasteiger partial charge in [-0.3, -0.25) is 19.7 Å². The molecule has 8 heteroatoms. The summed E-state index contributed by atoms with van der Waals surface area (Å²) in [6, 6.07) is 8.53. The number of hydrogen-bond acceptors (Lipinski definition) is 7. The number of piperidine rings is 1. The highest BCUT2D eigenvalue weighted by molar-refractivity contribution is 7.22. The molecule has 0 aromatic carbocycles. The van der Waals surface area contributed by atoms with Crippen LogP contribution in [0.5, 0.6) is 0 Å². The van der Waals surface area contributed by atoms with Crippen molar-refractivity contribution in [2.24, 2.45) is 5.92 Å². The Kier molecular flexibility index (Phi) is 6.69. The van der Waals surface area contributed by atoms with E-state index in [4.69, 9.17) is 10.1 Å². The van der Waals surface area contributed by atoms with Gasteiger partial charge in [-0.1, -0.05) is 6.07 Å². The van der Waals surface area contributed by atoms with E-state index in [0.29, 0.717) is 12.5 Å². The van der Waals surface area contributed by atoms with Crippen LogP contribution >= 0.6 is 11.3 Å². The molecule has 1 saturated carbocycles. The van der Waals surface area contributed by atoms with Crippen LogP contribution in [0.4, 0.5) is 0 Å². The Morgan fingerprint density at radius 1 is 1.24 bits per heavy atom. The summed E-state index contributed by atoms with van der Waals surface area (Å²) in [5.74, 6) is 0.556. The average molecular weight is 467 g/mol. The Labute approximate surface area is 197 Å². The second-order valence-corrected chi connectivity index (χ2v) is 10.3. The van der Waals surface area contributed by atoms with Crippen LogP contribution in [0, 0.1) is 5.92 Å². The Bertz CT molecular complexity index is 1110. The topological polar surface area (TPSA) is 98.6 Å². The van der Waals surface area contributed by atoms with Gasteiger partial charge in [-0.05, 0) is 67.5 Å². The molecule has 33 heavy (non-hydrogen) atoms. The Morgan fingerprint density at radius 2 is 2.12 bits per heavy atom. The zero-order valence-corrected chi connectivity index (χ0v) is 19.4. The maximum absolute atomic E-state index is 12.4. The number of aliphatic hydroxyl groups excluding tert-OH is 2. The van der Waals surface area contributed by atoms with Gasteiger partial charge >= 0.3 is 0 Å². The molecule has 3 aromatic heterocycles. The summed E-state index contributed by atoms with van der Waals surface area (Å²) in [5, 5.41) is 21.1. The van der Waals surface area contributed by atoms with Crippen molar-refractivity contribution in [2.75, 3.05) is 26.2 Å². The van der Waals surface area contributed by atoms with E-state index in [0.717, 1.165) is 47.6 Å². The summed E-state index contributed by atoms with van der Waals surface area (Å²) in [7, 11) is 0. The third-order valence-electron chi connectivity index (χ3n) is 6.54. The summed E-state index contributed by atoms with van der Waals surface area (Å²) in [5.41, 5.74) is 4.60. The number of pyridine rings is 2. The average Bonchev–Trinajstić information content (AvgIpc) is 3.60. The number of carbonyl (C=O) groups is 1. The number of likely N-dealkylation sites (tertiary alicyclic amines) is 1. The number of aromatic nitrogens is 2.